The van der Waals surface area contributed by atoms with Crippen LogP contribution in [-0.2, 0) is 21.4 Å². The van der Waals surface area contributed by atoms with Gasteiger partial charge in [0.25, 0.3) is 5.91 Å². The Bertz CT molecular complexity index is 2140. The number of carboxylic acids is 1. The summed E-state index contributed by atoms with van der Waals surface area (Å²) in [7, 11) is -3.16. The maximum atomic E-state index is 15.4. The zero-order valence-electron chi connectivity index (χ0n) is 25.2. The number of fused-ring (bicyclic) bond motifs is 2. The topological polar surface area (TPSA) is 177 Å². The first-order chi connectivity index (χ1) is 21.7. The molecule has 5 aromatic rings. The van der Waals surface area contributed by atoms with Gasteiger partial charge in [-0.15, -0.1) is 0 Å². The van der Waals surface area contributed by atoms with Gasteiger partial charge in [0.05, 0.1) is 26.8 Å². The van der Waals surface area contributed by atoms with E-state index in [1.807, 2.05) is 0 Å². The predicted octanol–water partition coefficient (Wildman–Crippen LogP) is 3.72. The number of imidazole rings is 1. The zero-order valence-corrected chi connectivity index (χ0v) is 26.0. The molecule has 12 nitrogen and oxygen atoms in total. The van der Waals surface area contributed by atoms with Gasteiger partial charge in [0, 0.05) is 31.9 Å². The Balaban J connectivity index is 1.37. The first-order valence-corrected chi connectivity index (χ1v) is 15.5. The lowest BCUT2D eigenvalue weighted by molar-refractivity contribution is -0.139. The van der Waals surface area contributed by atoms with Crippen LogP contribution in [0.15, 0.2) is 58.4 Å². The van der Waals surface area contributed by atoms with E-state index in [9.17, 15) is 27.9 Å². The van der Waals surface area contributed by atoms with Gasteiger partial charge in [-0.1, -0.05) is 29.8 Å². The Hall–Kier alpha value is -5.15. The number of hydrogen-bond acceptors (Lipinski definition) is 7. The second kappa shape index (κ2) is 12.3. The molecule has 0 radical (unpaired) electrons. The van der Waals surface area contributed by atoms with Crippen molar-refractivity contribution in [1.82, 2.24) is 24.6 Å². The van der Waals surface area contributed by atoms with Gasteiger partial charge in [-0.2, -0.15) is 4.72 Å². The van der Waals surface area contributed by atoms with E-state index in [1.165, 1.54) is 7.05 Å². The fourth-order valence-electron chi connectivity index (χ4n) is 5.43. The number of carbonyl (C=O) groups is 2. The molecule has 3 aromatic carbocycles. The minimum Gasteiger partial charge on any atom is -0.480 e. The molecule has 5 rings (SSSR count). The van der Waals surface area contributed by atoms with E-state index >= 15 is 8.78 Å². The first-order valence-electron chi connectivity index (χ1n) is 14.0. The number of nitrogens with zero attached hydrogens (tertiary/aromatic N) is 2. The van der Waals surface area contributed by atoms with E-state index in [0.717, 1.165) is 28.2 Å². The second-order valence-corrected chi connectivity index (χ2v) is 12.6. The van der Waals surface area contributed by atoms with Crippen molar-refractivity contribution in [3.05, 3.63) is 98.3 Å². The molecule has 0 aliphatic heterocycles. The fraction of sp³-hybridized carbons (Fsp3) is 0.226. The van der Waals surface area contributed by atoms with Gasteiger partial charge in [0.2, 0.25) is 21.4 Å². The number of aromatic nitrogens is 3. The molecule has 1 atom stereocenters. The maximum Gasteiger partial charge on any atom is 0.323 e. The number of carbonyl (C=O) groups excluding carboxylic acids is 1. The number of aryl methyl sites for hydroxylation is 3. The number of likely N-dealkylation sites (N-methyl/N-ethyl adjacent to an activating group) is 1. The number of H-pyrrole nitrogens is 2. The number of nitrogens with one attached hydrogen (secondary N) is 4. The molecular formula is C31H30F2N6O6S. The summed E-state index contributed by atoms with van der Waals surface area (Å²) in [6.07, 6.45) is 0.944. The van der Waals surface area contributed by atoms with Gasteiger partial charge >= 0.3 is 5.97 Å². The summed E-state index contributed by atoms with van der Waals surface area (Å²) in [5.41, 5.74) is 0.771. The van der Waals surface area contributed by atoms with Crippen LogP contribution in [-0.4, -0.2) is 64.9 Å². The number of benzene rings is 3. The molecule has 0 saturated heterocycles. The van der Waals surface area contributed by atoms with Crippen LogP contribution in [0, 0.1) is 32.4 Å². The van der Waals surface area contributed by atoms with E-state index in [4.69, 9.17) is 0 Å². The van der Waals surface area contributed by atoms with Crippen molar-refractivity contribution in [2.75, 3.05) is 18.9 Å². The Morgan fingerprint density at radius 3 is 2.41 bits per heavy atom. The lowest BCUT2D eigenvalue weighted by atomic mass is 10.1. The number of hydrogen-bond donors (Lipinski definition) is 5. The highest BCUT2D eigenvalue weighted by Gasteiger charge is 2.31. The van der Waals surface area contributed by atoms with E-state index in [2.05, 4.69) is 25.0 Å². The Labute approximate surface area is 261 Å². The molecule has 0 aliphatic carbocycles. The van der Waals surface area contributed by atoms with Gasteiger partial charge in [-0.05, 0) is 50.1 Å². The standard InChI is InChI=1S/C31H30F2N6O6S/c1-15-9-16(2)28(17(3)10-15)46(44,45)38-24(30(42)43)14-39(4)29(41)20-13-34-26-18(27(20)40)11-21(32)19(25(26)33)12-35-31-36-22-7-5-6-8-23(22)37-31/h5-11,13,24,38H,12,14H2,1-4H3,(H,34,40)(H,42,43)(H2,35,36,37). The van der Waals surface area contributed by atoms with Crippen molar-refractivity contribution >= 4 is 49.8 Å². The van der Waals surface area contributed by atoms with Crippen molar-refractivity contribution in [2.24, 2.45) is 0 Å². The third kappa shape index (κ3) is 6.19. The van der Waals surface area contributed by atoms with Crippen LogP contribution in [0.4, 0.5) is 14.7 Å². The van der Waals surface area contributed by atoms with Gasteiger partial charge in [0.15, 0.2) is 5.82 Å². The van der Waals surface area contributed by atoms with Gasteiger partial charge < -0.3 is 25.3 Å². The highest BCUT2D eigenvalue weighted by Crippen LogP contribution is 2.24. The Kier molecular flexibility index (Phi) is 8.64. The average molecular weight is 653 g/mol. The smallest absolute Gasteiger partial charge is 0.323 e. The molecular weight excluding hydrogens is 622 g/mol. The number of pyridine rings is 1. The molecule has 0 spiro atoms. The number of amides is 1. The molecule has 0 aliphatic rings. The van der Waals surface area contributed by atoms with Gasteiger partial charge in [-0.25, -0.2) is 22.2 Å². The summed E-state index contributed by atoms with van der Waals surface area (Å²) < 4.78 is 59.0. The first kappa shape index (κ1) is 32.2. The monoisotopic (exact) mass is 652 g/mol. The van der Waals surface area contributed by atoms with Crippen LogP contribution in [0.5, 0.6) is 0 Å². The van der Waals surface area contributed by atoms with Crippen LogP contribution in [0.3, 0.4) is 0 Å². The molecule has 2 heterocycles. The van der Waals surface area contributed by atoms with Crippen LogP contribution >= 0.6 is 0 Å². The quantitative estimate of drug-likeness (QED) is 0.152. The highest BCUT2D eigenvalue weighted by molar-refractivity contribution is 7.89. The normalized spacial score (nSPS) is 12.4. The highest BCUT2D eigenvalue weighted by atomic mass is 32.2. The van der Waals surface area contributed by atoms with Crippen LogP contribution in [0.1, 0.15) is 32.6 Å². The third-order valence-electron chi connectivity index (χ3n) is 7.49. The van der Waals surface area contributed by atoms with Gasteiger partial charge in [0.1, 0.15) is 17.4 Å². The number of para-hydroxylation sites is 2. The number of rotatable bonds is 10. The minimum absolute atomic E-state index is 0.0829. The summed E-state index contributed by atoms with van der Waals surface area (Å²) in [4.78, 5) is 49.1. The number of aromatic amines is 2. The number of carboxylic acid groups (broad SMARTS) is 1. The van der Waals surface area contributed by atoms with Crippen molar-refractivity contribution in [3.8, 4) is 0 Å². The van der Waals surface area contributed by atoms with E-state index < -0.39 is 62.5 Å². The Morgan fingerprint density at radius 1 is 1.09 bits per heavy atom. The fourth-order valence-corrected chi connectivity index (χ4v) is 7.06. The number of sulfonamides is 1. The van der Waals surface area contributed by atoms with Crippen molar-refractivity contribution in [2.45, 2.75) is 38.3 Å². The summed E-state index contributed by atoms with van der Waals surface area (Å²) in [6, 6.07) is 9.47. The minimum atomic E-state index is -4.33. The molecule has 46 heavy (non-hydrogen) atoms. The molecule has 2 aromatic heterocycles. The number of anilines is 1. The van der Waals surface area contributed by atoms with Crippen LogP contribution in [0.25, 0.3) is 21.9 Å². The molecule has 0 bridgehead atoms. The number of halogens is 2. The van der Waals surface area contributed by atoms with Crippen molar-refractivity contribution in [3.63, 3.8) is 0 Å². The Morgan fingerprint density at radius 2 is 1.76 bits per heavy atom. The van der Waals surface area contributed by atoms with Crippen LogP contribution in [0.2, 0.25) is 0 Å². The molecule has 5 N–H and O–H groups in total. The van der Waals surface area contributed by atoms with Crippen molar-refractivity contribution in [1.29, 1.82) is 0 Å². The average Bonchev–Trinajstić information content (AvgIpc) is 3.39. The van der Waals surface area contributed by atoms with E-state index in [0.29, 0.717) is 16.6 Å². The zero-order chi connectivity index (χ0) is 33.5. The van der Waals surface area contributed by atoms with Crippen LogP contribution < -0.4 is 15.5 Å². The summed E-state index contributed by atoms with van der Waals surface area (Å²) in [6.45, 7) is 3.98. The molecule has 1 unspecified atom stereocenters. The lowest BCUT2D eigenvalue weighted by Crippen LogP contribution is -2.49. The summed E-state index contributed by atoms with van der Waals surface area (Å²) >= 11 is 0. The van der Waals surface area contributed by atoms with E-state index in [-0.39, 0.29) is 28.5 Å². The van der Waals surface area contributed by atoms with E-state index in [1.54, 1.807) is 57.2 Å². The largest absolute Gasteiger partial charge is 0.480 e. The number of aliphatic carboxylic acids is 1. The van der Waals surface area contributed by atoms with Crippen molar-refractivity contribution < 1.29 is 31.9 Å². The molecule has 15 heteroatoms. The predicted molar refractivity (Wildman–Crippen MR) is 167 cm³/mol. The lowest BCUT2D eigenvalue weighted by Gasteiger charge is -2.23. The molecule has 1 amide bonds. The second-order valence-electron chi connectivity index (χ2n) is 11.0. The van der Waals surface area contributed by atoms with Gasteiger partial charge in [-0.3, -0.25) is 14.4 Å². The SMILES string of the molecule is Cc1cc(C)c(S(=O)(=O)NC(CN(C)C(=O)c2c[nH]c3c(F)c(CNc4nc5ccccc5[nH]4)c(F)cc3c2=O)C(=O)O)c(C)c1. The third-order valence-corrected chi connectivity index (χ3v) is 9.26. The maximum absolute atomic E-state index is 15.4. The molecule has 0 fully saturated rings. The summed E-state index contributed by atoms with van der Waals surface area (Å²) in [5.74, 6) is -4.37. The molecule has 0 saturated carbocycles. The summed E-state index contributed by atoms with van der Waals surface area (Å²) in [5, 5.41) is 12.2. The molecule has 240 valence electrons.